The minimum absolute atomic E-state index is 0.120. The van der Waals surface area contributed by atoms with Crippen LogP contribution in [0, 0.1) is 0 Å². The molecule has 0 saturated carbocycles. The number of hydrazone groups is 1. The van der Waals surface area contributed by atoms with Crippen LogP contribution in [0.3, 0.4) is 0 Å². The molecule has 5 aromatic rings. The van der Waals surface area contributed by atoms with E-state index in [-0.39, 0.29) is 11.7 Å². The highest BCUT2D eigenvalue weighted by Gasteiger charge is 2.17. The molecular formula is C28H24N6O2S. The van der Waals surface area contributed by atoms with Crippen molar-refractivity contribution in [2.45, 2.75) is 12.1 Å². The molecule has 0 saturated heterocycles. The number of aromatic nitrogens is 4. The molecular weight excluding hydrogens is 484 g/mol. The van der Waals surface area contributed by atoms with Gasteiger partial charge in [0.2, 0.25) is 0 Å². The Morgan fingerprint density at radius 2 is 1.86 bits per heavy atom. The van der Waals surface area contributed by atoms with Crippen LogP contribution in [0.2, 0.25) is 0 Å². The second kappa shape index (κ2) is 11.5. The molecule has 2 aromatic heterocycles. The van der Waals surface area contributed by atoms with Crippen LogP contribution >= 0.6 is 11.8 Å². The second-order valence-electron chi connectivity index (χ2n) is 7.96. The predicted octanol–water partition coefficient (Wildman–Crippen LogP) is 5.12. The molecule has 0 bridgehead atoms. The fourth-order valence-corrected chi connectivity index (χ4v) is 4.58. The van der Waals surface area contributed by atoms with Crippen molar-refractivity contribution in [1.29, 1.82) is 0 Å². The number of fused-ring (bicyclic) bond motifs is 1. The quantitative estimate of drug-likeness (QED) is 0.169. The summed E-state index contributed by atoms with van der Waals surface area (Å²) >= 11 is 1.28. The minimum Gasteiger partial charge on any atom is -0.494 e. The van der Waals surface area contributed by atoms with Gasteiger partial charge in [0.05, 0.1) is 18.6 Å². The maximum Gasteiger partial charge on any atom is 0.250 e. The summed E-state index contributed by atoms with van der Waals surface area (Å²) in [6, 6.07) is 25.5. The lowest BCUT2D eigenvalue weighted by Gasteiger charge is -2.11. The van der Waals surface area contributed by atoms with Crippen molar-refractivity contribution in [3.8, 4) is 22.8 Å². The number of amides is 1. The first-order chi connectivity index (χ1) is 18.2. The second-order valence-corrected chi connectivity index (χ2v) is 8.90. The molecule has 37 heavy (non-hydrogen) atoms. The van der Waals surface area contributed by atoms with E-state index >= 15 is 0 Å². The van der Waals surface area contributed by atoms with Crippen LogP contribution in [0.4, 0.5) is 0 Å². The topological polar surface area (TPSA) is 94.3 Å². The third-order valence-corrected chi connectivity index (χ3v) is 6.44. The van der Waals surface area contributed by atoms with Crippen LogP contribution in [0.15, 0.2) is 102 Å². The Morgan fingerprint density at radius 3 is 2.68 bits per heavy atom. The standard InChI is InChI=1S/C28H24N6O2S/c1-2-36-24-14-12-23(13-15-24)34-27(22-10-6-16-29-17-22)32-33-28(34)37-19-26(35)31-30-18-21-9-5-8-20-7-3-4-11-25(20)21/h3-18H,2,19H2,1H3,(H,31,35)/b30-18+. The van der Waals surface area contributed by atoms with E-state index in [4.69, 9.17) is 4.74 Å². The molecule has 2 heterocycles. The first kappa shape index (κ1) is 24.2. The van der Waals surface area contributed by atoms with Crippen LogP contribution in [0.5, 0.6) is 5.75 Å². The number of carbonyl (C=O) groups is 1. The van der Waals surface area contributed by atoms with E-state index in [0.29, 0.717) is 17.6 Å². The van der Waals surface area contributed by atoms with Gasteiger partial charge in [0.15, 0.2) is 11.0 Å². The Kier molecular flexibility index (Phi) is 7.52. The molecule has 3 aromatic carbocycles. The van der Waals surface area contributed by atoms with Gasteiger partial charge in [-0.2, -0.15) is 5.10 Å². The van der Waals surface area contributed by atoms with Gasteiger partial charge < -0.3 is 4.74 Å². The summed E-state index contributed by atoms with van der Waals surface area (Å²) in [7, 11) is 0. The fraction of sp³-hybridized carbons (Fsp3) is 0.107. The average molecular weight is 509 g/mol. The van der Waals surface area contributed by atoms with E-state index in [2.05, 4.69) is 25.7 Å². The van der Waals surface area contributed by atoms with E-state index < -0.39 is 0 Å². The summed E-state index contributed by atoms with van der Waals surface area (Å²) in [4.78, 5) is 16.8. The van der Waals surface area contributed by atoms with Gasteiger partial charge in [-0.05, 0) is 54.1 Å². The summed E-state index contributed by atoms with van der Waals surface area (Å²) in [5, 5.41) is 15.7. The average Bonchev–Trinajstić information content (AvgIpc) is 3.37. The number of hydrogen-bond donors (Lipinski definition) is 1. The number of rotatable bonds is 9. The zero-order valence-corrected chi connectivity index (χ0v) is 20.9. The fourth-order valence-electron chi connectivity index (χ4n) is 3.84. The molecule has 8 nitrogen and oxygen atoms in total. The first-order valence-electron chi connectivity index (χ1n) is 11.7. The van der Waals surface area contributed by atoms with Crippen LogP contribution < -0.4 is 10.2 Å². The van der Waals surface area contributed by atoms with Crippen molar-refractivity contribution < 1.29 is 9.53 Å². The monoisotopic (exact) mass is 508 g/mol. The lowest BCUT2D eigenvalue weighted by molar-refractivity contribution is -0.118. The van der Waals surface area contributed by atoms with Gasteiger partial charge in [0.25, 0.3) is 5.91 Å². The summed E-state index contributed by atoms with van der Waals surface area (Å²) < 4.78 is 7.48. The number of carbonyl (C=O) groups excluding carboxylic acids is 1. The lowest BCUT2D eigenvalue weighted by Crippen LogP contribution is -2.20. The van der Waals surface area contributed by atoms with Crippen LogP contribution in [0.25, 0.3) is 27.8 Å². The zero-order valence-electron chi connectivity index (χ0n) is 20.1. The van der Waals surface area contributed by atoms with Gasteiger partial charge in [-0.15, -0.1) is 10.2 Å². The summed E-state index contributed by atoms with van der Waals surface area (Å²) in [5.41, 5.74) is 5.21. The van der Waals surface area contributed by atoms with Gasteiger partial charge in [-0.25, -0.2) is 5.43 Å². The molecule has 0 aliphatic carbocycles. The molecule has 0 atom stereocenters. The largest absolute Gasteiger partial charge is 0.494 e. The number of thioether (sulfide) groups is 1. The van der Waals surface area contributed by atoms with Crippen molar-refractivity contribution in [3.63, 3.8) is 0 Å². The SMILES string of the molecule is CCOc1ccc(-n2c(SCC(=O)N/N=C/c3cccc4ccccc34)nnc2-c2cccnc2)cc1. The molecule has 0 aliphatic rings. The molecule has 0 aliphatic heterocycles. The number of nitrogens with zero attached hydrogens (tertiary/aromatic N) is 5. The Labute approximate surface area is 218 Å². The Morgan fingerprint density at radius 1 is 1.03 bits per heavy atom. The van der Waals surface area contributed by atoms with Crippen LogP contribution in [-0.4, -0.2) is 44.2 Å². The maximum atomic E-state index is 12.6. The Bertz CT molecular complexity index is 1530. The number of benzene rings is 3. The van der Waals surface area contributed by atoms with Crippen LogP contribution in [0.1, 0.15) is 12.5 Å². The van der Waals surface area contributed by atoms with E-state index in [1.54, 1.807) is 18.6 Å². The number of hydrogen-bond acceptors (Lipinski definition) is 7. The van der Waals surface area contributed by atoms with Crippen molar-refractivity contribution in [2.24, 2.45) is 5.10 Å². The van der Waals surface area contributed by atoms with E-state index in [1.807, 2.05) is 90.4 Å². The number of ether oxygens (including phenoxy) is 1. The van der Waals surface area contributed by atoms with Gasteiger partial charge >= 0.3 is 0 Å². The van der Waals surface area contributed by atoms with Gasteiger partial charge in [-0.1, -0.05) is 54.2 Å². The molecule has 0 fully saturated rings. The molecule has 1 amide bonds. The summed E-state index contributed by atoms with van der Waals surface area (Å²) in [6.45, 7) is 2.53. The van der Waals surface area contributed by atoms with Gasteiger partial charge in [0.1, 0.15) is 5.75 Å². The normalized spacial score (nSPS) is 11.2. The molecule has 1 N–H and O–H groups in total. The highest BCUT2D eigenvalue weighted by atomic mass is 32.2. The van der Waals surface area contributed by atoms with Gasteiger partial charge in [0, 0.05) is 29.2 Å². The molecule has 0 unspecified atom stereocenters. The van der Waals surface area contributed by atoms with Crippen molar-refractivity contribution >= 4 is 34.7 Å². The maximum absolute atomic E-state index is 12.6. The first-order valence-corrected chi connectivity index (χ1v) is 12.7. The molecule has 5 rings (SSSR count). The van der Waals surface area contributed by atoms with E-state index in [9.17, 15) is 4.79 Å². The van der Waals surface area contributed by atoms with Crippen molar-refractivity contribution in [2.75, 3.05) is 12.4 Å². The lowest BCUT2D eigenvalue weighted by atomic mass is 10.1. The Hall–Kier alpha value is -4.50. The Balaban J connectivity index is 1.32. The third-order valence-electron chi connectivity index (χ3n) is 5.51. The van der Waals surface area contributed by atoms with Crippen molar-refractivity contribution in [1.82, 2.24) is 25.2 Å². The highest BCUT2D eigenvalue weighted by molar-refractivity contribution is 7.99. The van der Waals surface area contributed by atoms with E-state index in [1.165, 1.54) is 11.8 Å². The molecule has 184 valence electrons. The molecule has 0 spiro atoms. The summed E-state index contributed by atoms with van der Waals surface area (Å²) in [6.07, 6.45) is 5.10. The number of nitrogens with one attached hydrogen (secondary N) is 1. The number of pyridine rings is 1. The predicted molar refractivity (Wildman–Crippen MR) is 146 cm³/mol. The minimum atomic E-state index is -0.245. The third kappa shape index (κ3) is 5.68. The van der Waals surface area contributed by atoms with E-state index in [0.717, 1.165) is 33.3 Å². The highest BCUT2D eigenvalue weighted by Crippen LogP contribution is 2.28. The summed E-state index contributed by atoms with van der Waals surface area (Å²) in [5.74, 6) is 1.29. The molecule has 0 radical (unpaired) electrons. The van der Waals surface area contributed by atoms with Gasteiger partial charge in [-0.3, -0.25) is 14.3 Å². The van der Waals surface area contributed by atoms with Crippen molar-refractivity contribution in [3.05, 3.63) is 96.8 Å². The van der Waals surface area contributed by atoms with Crippen LogP contribution in [-0.2, 0) is 4.79 Å². The smallest absolute Gasteiger partial charge is 0.250 e. The molecule has 9 heteroatoms. The zero-order chi connectivity index (χ0) is 25.5.